The monoisotopic (exact) mass is 225 g/mol. The third kappa shape index (κ3) is 4.36. The molecule has 0 unspecified atom stereocenters. The first-order chi connectivity index (χ1) is 7.24. The van der Waals surface area contributed by atoms with Gasteiger partial charge in [0, 0.05) is 25.6 Å². The molecule has 0 bridgehead atoms. The number of benzene rings is 1. The molecule has 0 aliphatic rings. The third-order valence-electron chi connectivity index (χ3n) is 1.89. The molecule has 0 aliphatic heterocycles. The fourth-order valence-corrected chi connectivity index (χ4v) is 1.73. The summed E-state index contributed by atoms with van der Waals surface area (Å²) in [5.41, 5.74) is 0. The van der Waals surface area contributed by atoms with Gasteiger partial charge in [0.05, 0.1) is 6.61 Å². The van der Waals surface area contributed by atoms with Crippen molar-refractivity contribution in [1.82, 2.24) is 4.90 Å². The molecular weight excluding hydrogens is 210 g/mol. The lowest BCUT2D eigenvalue weighted by atomic mass is 10.4. The van der Waals surface area contributed by atoms with Crippen LogP contribution in [-0.2, 0) is 4.74 Å². The highest BCUT2D eigenvalue weighted by Crippen LogP contribution is 2.19. The van der Waals surface area contributed by atoms with Crippen molar-refractivity contribution in [3.63, 3.8) is 0 Å². The second kappa shape index (κ2) is 6.48. The Morgan fingerprint density at radius 3 is 2.67 bits per heavy atom. The Hall–Kier alpha value is -1.00. The molecule has 0 radical (unpaired) electrons. The van der Waals surface area contributed by atoms with E-state index in [2.05, 4.69) is 0 Å². The van der Waals surface area contributed by atoms with E-state index in [9.17, 15) is 4.79 Å². The summed E-state index contributed by atoms with van der Waals surface area (Å²) in [6.45, 7) is 1.19. The van der Waals surface area contributed by atoms with Crippen LogP contribution in [0.4, 0.5) is 4.79 Å². The molecule has 1 aromatic rings. The van der Waals surface area contributed by atoms with Gasteiger partial charge in [0.25, 0.3) is 5.24 Å². The number of rotatable bonds is 4. The van der Waals surface area contributed by atoms with Crippen LogP contribution in [0.3, 0.4) is 0 Å². The number of nitrogens with zero attached hydrogens (tertiary/aromatic N) is 1. The van der Waals surface area contributed by atoms with Gasteiger partial charge in [0.2, 0.25) is 0 Å². The topological polar surface area (TPSA) is 29.5 Å². The molecule has 0 spiro atoms. The van der Waals surface area contributed by atoms with E-state index in [0.717, 1.165) is 4.90 Å². The largest absolute Gasteiger partial charge is 0.383 e. The standard InChI is InChI=1S/C11H15NO2S/c1-12(8-9-14-2)11(13)15-10-6-4-3-5-7-10/h3-7H,8-9H2,1-2H3. The van der Waals surface area contributed by atoms with Crippen molar-refractivity contribution in [1.29, 1.82) is 0 Å². The number of methoxy groups -OCH3 is 1. The van der Waals surface area contributed by atoms with Gasteiger partial charge in [-0.05, 0) is 23.9 Å². The van der Waals surface area contributed by atoms with Gasteiger partial charge in [0.1, 0.15) is 0 Å². The molecule has 1 aromatic carbocycles. The SMILES string of the molecule is COCCN(C)C(=O)Sc1ccccc1. The van der Waals surface area contributed by atoms with E-state index in [4.69, 9.17) is 4.74 Å². The van der Waals surface area contributed by atoms with Crippen LogP contribution in [0.1, 0.15) is 0 Å². The lowest BCUT2D eigenvalue weighted by Gasteiger charge is -2.15. The summed E-state index contributed by atoms with van der Waals surface area (Å²) < 4.78 is 4.91. The van der Waals surface area contributed by atoms with Crippen molar-refractivity contribution >= 4 is 17.0 Å². The minimum absolute atomic E-state index is 0.0400. The highest BCUT2D eigenvalue weighted by molar-refractivity contribution is 8.13. The minimum Gasteiger partial charge on any atom is -0.383 e. The van der Waals surface area contributed by atoms with Gasteiger partial charge in [-0.25, -0.2) is 0 Å². The maximum absolute atomic E-state index is 11.7. The quantitative estimate of drug-likeness (QED) is 0.737. The minimum atomic E-state index is 0.0400. The molecule has 0 aromatic heterocycles. The van der Waals surface area contributed by atoms with Crippen molar-refractivity contribution in [3.05, 3.63) is 30.3 Å². The smallest absolute Gasteiger partial charge is 0.286 e. The van der Waals surface area contributed by atoms with Gasteiger partial charge in [-0.3, -0.25) is 4.79 Å². The molecule has 0 saturated heterocycles. The van der Waals surface area contributed by atoms with Gasteiger partial charge < -0.3 is 9.64 Å². The van der Waals surface area contributed by atoms with E-state index in [1.165, 1.54) is 11.8 Å². The predicted molar refractivity (Wildman–Crippen MR) is 62.2 cm³/mol. The maximum Gasteiger partial charge on any atom is 0.286 e. The summed E-state index contributed by atoms with van der Waals surface area (Å²) in [6, 6.07) is 9.62. The first-order valence-corrected chi connectivity index (χ1v) is 5.52. The van der Waals surface area contributed by atoms with E-state index in [-0.39, 0.29) is 5.24 Å². The van der Waals surface area contributed by atoms with Gasteiger partial charge in [-0.2, -0.15) is 0 Å². The Morgan fingerprint density at radius 2 is 2.07 bits per heavy atom. The fraction of sp³-hybridized carbons (Fsp3) is 0.364. The third-order valence-corrected chi connectivity index (χ3v) is 2.89. The first kappa shape index (κ1) is 12.1. The van der Waals surface area contributed by atoms with Gasteiger partial charge in [-0.15, -0.1) is 0 Å². The summed E-state index contributed by atoms with van der Waals surface area (Å²) in [5, 5.41) is 0.0400. The van der Waals surface area contributed by atoms with E-state index in [0.29, 0.717) is 13.2 Å². The zero-order chi connectivity index (χ0) is 11.1. The molecule has 0 aliphatic carbocycles. The summed E-state index contributed by atoms with van der Waals surface area (Å²) in [6.07, 6.45) is 0. The molecule has 0 N–H and O–H groups in total. The number of ether oxygens (including phenoxy) is 1. The zero-order valence-corrected chi connectivity index (χ0v) is 9.79. The number of carbonyl (C=O) groups is 1. The molecule has 1 rings (SSSR count). The van der Waals surface area contributed by atoms with Crippen LogP contribution in [0.15, 0.2) is 35.2 Å². The van der Waals surface area contributed by atoms with E-state index in [1.807, 2.05) is 30.3 Å². The Balaban J connectivity index is 2.42. The Bertz CT molecular complexity index is 303. The summed E-state index contributed by atoms with van der Waals surface area (Å²) in [4.78, 5) is 14.3. The number of likely N-dealkylation sites (N-methyl/N-ethyl adjacent to an activating group) is 1. The summed E-state index contributed by atoms with van der Waals surface area (Å²) >= 11 is 1.23. The Labute approximate surface area is 94.4 Å². The average Bonchev–Trinajstić information content (AvgIpc) is 2.27. The Kier molecular flexibility index (Phi) is 5.21. The van der Waals surface area contributed by atoms with Crippen LogP contribution < -0.4 is 0 Å². The van der Waals surface area contributed by atoms with Crippen molar-refractivity contribution in [2.24, 2.45) is 0 Å². The summed E-state index contributed by atoms with van der Waals surface area (Å²) in [5.74, 6) is 0. The predicted octanol–water partition coefficient (Wildman–Crippen LogP) is 2.48. The van der Waals surface area contributed by atoms with Crippen LogP contribution in [0.5, 0.6) is 0 Å². The van der Waals surface area contributed by atoms with Crippen LogP contribution in [0, 0.1) is 0 Å². The van der Waals surface area contributed by atoms with Crippen molar-refractivity contribution in [3.8, 4) is 0 Å². The molecule has 15 heavy (non-hydrogen) atoms. The van der Waals surface area contributed by atoms with Crippen molar-refractivity contribution in [2.75, 3.05) is 27.3 Å². The number of amides is 1. The number of hydrogen-bond acceptors (Lipinski definition) is 3. The zero-order valence-electron chi connectivity index (χ0n) is 8.97. The highest BCUT2D eigenvalue weighted by Gasteiger charge is 2.09. The van der Waals surface area contributed by atoms with Crippen LogP contribution in [-0.4, -0.2) is 37.4 Å². The second-order valence-corrected chi connectivity index (χ2v) is 4.12. The average molecular weight is 225 g/mol. The summed E-state index contributed by atoms with van der Waals surface area (Å²) in [7, 11) is 3.40. The highest BCUT2D eigenvalue weighted by atomic mass is 32.2. The maximum atomic E-state index is 11.7. The molecule has 4 heteroatoms. The van der Waals surface area contributed by atoms with E-state index >= 15 is 0 Å². The first-order valence-electron chi connectivity index (χ1n) is 4.71. The number of thioether (sulfide) groups is 1. The molecule has 1 amide bonds. The second-order valence-electron chi connectivity index (χ2n) is 3.10. The van der Waals surface area contributed by atoms with Crippen LogP contribution in [0.2, 0.25) is 0 Å². The number of hydrogen-bond donors (Lipinski definition) is 0. The van der Waals surface area contributed by atoms with Crippen LogP contribution in [0.25, 0.3) is 0 Å². The van der Waals surface area contributed by atoms with E-state index in [1.54, 1.807) is 19.1 Å². The molecule has 0 fully saturated rings. The molecule has 82 valence electrons. The molecule has 0 saturated carbocycles. The normalized spacial score (nSPS) is 10.0. The fourth-order valence-electron chi connectivity index (χ4n) is 0.987. The Morgan fingerprint density at radius 1 is 1.40 bits per heavy atom. The molecule has 0 heterocycles. The van der Waals surface area contributed by atoms with Gasteiger partial charge in [0.15, 0.2) is 0 Å². The molecule has 0 atom stereocenters. The molecular formula is C11H15NO2S. The van der Waals surface area contributed by atoms with Crippen LogP contribution >= 0.6 is 11.8 Å². The lowest BCUT2D eigenvalue weighted by molar-refractivity contribution is 0.169. The molecule has 3 nitrogen and oxygen atoms in total. The van der Waals surface area contributed by atoms with Gasteiger partial charge in [-0.1, -0.05) is 18.2 Å². The number of carbonyl (C=O) groups excluding carboxylic acids is 1. The van der Waals surface area contributed by atoms with Gasteiger partial charge >= 0.3 is 0 Å². The van der Waals surface area contributed by atoms with E-state index < -0.39 is 0 Å². The van der Waals surface area contributed by atoms with Crippen molar-refractivity contribution in [2.45, 2.75) is 4.90 Å². The van der Waals surface area contributed by atoms with Crippen molar-refractivity contribution < 1.29 is 9.53 Å². The lowest BCUT2D eigenvalue weighted by Crippen LogP contribution is -2.26.